The molecule has 1 aromatic rings. The van der Waals surface area contributed by atoms with Crippen molar-refractivity contribution in [1.82, 2.24) is 4.90 Å². The van der Waals surface area contributed by atoms with Crippen molar-refractivity contribution in [3.8, 4) is 0 Å². The van der Waals surface area contributed by atoms with Crippen LogP contribution in [-0.2, 0) is 6.18 Å². The molecule has 0 heterocycles. The van der Waals surface area contributed by atoms with Crippen molar-refractivity contribution >= 4 is 11.4 Å². The molecular formula is C13H18F3N3O2. The van der Waals surface area contributed by atoms with E-state index in [1.54, 1.807) is 0 Å². The summed E-state index contributed by atoms with van der Waals surface area (Å²) in [7, 11) is 3.89. The SMILES string of the molecule is CN(C)CCCCNc1ccc([N+](=O)[O-])c(C(F)(F)F)c1. The number of benzene rings is 1. The maximum absolute atomic E-state index is 12.8. The molecule has 0 amide bonds. The van der Waals surface area contributed by atoms with Gasteiger partial charge in [-0.05, 0) is 45.6 Å². The second-order valence-corrected chi connectivity index (χ2v) is 4.92. The zero-order valence-electron chi connectivity index (χ0n) is 11.9. The molecule has 5 nitrogen and oxygen atoms in total. The lowest BCUT2D eigenvalue weighted by Gasteiger charge is -2.12. The van der Waals surface area contributed by atoms with Crippen molar-refractivity contribution in [1.29, 1.82) is 0 Å². The molecular weight excluding hydrogens is 287 g/mol. The van der Waals surface area contributed by atoms with Crippen LogP contribution >= 0.6 is 0 Å². The first-order chi connectivity index (χ1) is 9.71. The van der Waals surface area contributed by atoms with Gasteiger partial charge in [0, 0.05) is 18.3 Å². The molecule has 0 aliphatic heterocycles. The number of halogens is 3. The third-order valence-corrected chi connectivity index (χ3v) is 2.86. The number of nitrogens with zero attached hydrogens (tertiary/aromatic N) is 2. The van der Waals surface area contributed by atoms with Crippen LogP contribution in [0.15, 0.2) is 18.2 Å². The quantitative estimate of drug-likeness (QED) is 0.477. The Morgan fingerprint density at radius 1 is 1.29 bits per heavy atom. The monoisotopic (exact) mass is 305 g/mol. The van der Waals surface area contributed by atoms with Gasteiger partial charge in [-0.2, -0.15) is 13.2 Å². The fourth-order valence-electron chi connectivity index (χ4n) is 1.82. The van der Waals surface area contributed by atoms with Crippen LogP contribution in [0.25, 0.3) is 0 Å². The summed E-state index contributed by atoms with van der Waals surface area (Å²) in [6.45, 7) is 1.42. The van der Waals surface area contributed by atoms with Crippen LogP contribution in [0.2, 0.25) is 0 Å². The van der Waals surface area contributed by atoms with Crippen LogP contribution in [0.3, 0.4) is 0 Å². The fraction of sp³-hybridized carbons (Fsp3) is 0.538. The molecule has 0 saturated carbocycles. The number of nitro benzene ring substituents is 1. The molecule has 0 saturated heterocycles. The van der Waals surface area contributed by atoms with Gasteiger partial charge in [-0.25, -0.2) is 0 Å². The maximum atomic E-state index is 12.8. The Labute approximate surface area is 120 Å². The molecule has 21 heavy (non-hydrogen) atoms. The predicted molar refractivity (Wildman–Crippen MR) is 74.4 cm³/mol. The first-order valence-electron chi connectivity index (χ1n) is 6.46. The Kier molecular flexibility index (Phi) is 5.95. The minimum absolute atomic E-state index is 0.234. The largest absolute Gasteiger partial charge is 0.423 e. The highest BCUT2D eigenvalue weighted by Gasteiger charge is 2.38. The fourth-order valence-corrected chi connectivity index (χ4v) is 1.82. The summed E-state index contributed by atoms with van der Waals surface area (Å²) in [5.74, 6) is 0. The van der Waals surface area contributed by atoms with E-state index in [9.17, 15) is 23.3 Å². The highest BCUT2D eigenvalue weighted by atomic mass is 19.4. The van der Waals surface area contributed by atoms with Gasteiger partial charge in [0.2, 0.25) is 0 Å². The van der Waals surface area contributed by atoms with E-state index in [0.717, 1.165) is 31.5 Å². The highest BCUT2D eigenvalue weighted by Crippen LogP contribution is 2.37. The number of anilines is 1. The van der Waals surface area contributed by atoms with Crippen LogP contribution in [-0.4, -0.2) is 37.0 Å². The topological polar surface area (TPSA) is 58.4 Å². The molecule has 8 heteroatoms. The Hall–Kier alpha value is -1.83. The molecule has 0 aliphatic rings. The summed E-state index contributed by atoms with van der Waals surface area (Å²) < 4.78 is 38.3. The molecule has 0 spiro atoms. The molecule has 0 unspecified atom stereocenters. The number of alkyl halides is 3. The van der Waals surface area contributed by atoms with E-state index in [1.807, 2.05) is 19.0 Å². The van der Waals surface area contributed by atoms with Crippen molar-refractivity contribution in [2.45, 2.75) is 19.0 Å². The molecule has 0 fully saturated rings. The highest BCUT2D eigenvalue weighted by molar-refractivity contribution is 5.55. The van der Waals surface area contributed by atoms with Crippen molar-refractivity contribution in [2.75, 3.05) is 32.5 Å². The lowest BCUT2D eigenvalue weighted by atomic mass is 10.1. The van der Waals surface area contributed by atoms with Gasteiger partial charge in [-0.1, -0.05) is 0 Å². The summed E-state index contributed by atoms with van der Waals surface area (Å²) in [5.41, 5.74) is -1.93. The van der Waals surface area contributed by atoms with E-state index < -0.39 is 22.4 Å². The number of hydrogen-bond acceptors (Lipinski definition) is 4. The van der Waals surface area contributed by atoms with Crippen molar-refractivity contribution in [3.63, 3.8) is 0 Å². The van der Waals surface area contributed by atoms with Crippen molar-refractivity contribution in [3.05, 3.63) is 33.9 Å². The normalized spacial score (nSPS) is 11.7. The molecule has 118 valence electrons. The summed E-state index contributed by atoms with van der Waals surface area (Å²) in [6, 6.07) is 2.95. The number of nitro groups is 1. The van der Waals surface area contributed by atoms with Gasteiger partial charge >= 0.3 is 6.18 Å². The van der Waals surface area contributed by atoms with E-state index >= 15 is 0 Å². The third kappa shape index (κ3) is 5.58. The van der Waals surface area contributed by atoms with Crippen molar-refractivity contribution < 1.29 is 18.1 Å². The van der Waals surface area contributed by atoms with Crippen LogP contribution in [0.5, 0.6) is 0 Å². The zero-order chi connectivity index (χ0) is 16.0. The molecule has 0 aromatic heterocycles. The van der Waals surface area contributed by atoms with Crippen LogP contribution in [0.4, 0.5) is 24.5 Å². The maximum Gasteiger partial charge on any atom is 0.423 e. The number of rotatable bonds is 7. The Morgan fingerprint density at radius 3 is 2.48 bits per heavy atom. The number of nitrogens with one attached hydrogen (secondary N) is 1. The van der Waals surface area contributed by atoms with E-state index in [1.165, 1.54) is 6.07 Å². The van der Waals surface area contributed by atoms with Crippen LogP contribution in [0.1, 0.15) is 18.4 Å². The lowest BCUT2D eigenvalue weighted by molar-refractivity contribution is -0.388. The second-order valence-electron chi connectivity index (χ2n) is 4.92. The smallest absolute Gasteiger partial charge is 0.385 e. The van der Waals surface area contributed by atoms with Crippen LogP contribution in [0, 0.1) is 10.1 Å². The van der Waals surface area contributed by atoms with Gasteiger partial charge < -0.3 is 10.2 Å². The van der Waals surface area contributed by atoms with Gasteiger partial charge in [-0.15, -0.1) is 0 Å². The zero-order valence-corrected chi connectivity index (χ0v) is 11.9. The van der Waals surface area contributed by atoms with Gasteiger partial charge in [0.05, 0.1) is 4.92 Å². The van der Waals surface area contributed by atoms with Gasteiger partial charge in [-0.3, -0.25) is 10.1 Å². The summed E-state index contributed by atoms with van der Waals surface area (Å²) in [6.07, 6.45) is -3.03. The molecule has 0 bridgehead atoms. The van der Waals surface area contributed by atoms with Gasteiger partial charge in [0.25, 0.3) is 5.69 Å². The first kappa shape index (κ1) is 17.2. The average Bonchev–Trinajstić information content (AvgIpc) is 2.36. The molecule has 1 rings (SSSR count). The lowest BCUT2D eigenvalue weighted by Crippen LogP contribution is -2.14. The van der Waals surface area contributed by atoms with E-state index in [2.05, 4.69) is 5.32 Å². The average molecular weight is 305 g/mol. The number of hydrogen-bond donors (Lipinski definition) is 1. The Bertz CT molecular complexity index is 490. The Balaban J connectivity index is 2.71. The van der Waals surface area contributed by atoms with Crippen LogP contribution < -0.4 is 5.32 Å². The third-order valence-electron chi connectivity index (χ3n) is 2.86. The molecule has 1 aromatic carbocycles. The molecule has 0 atom stereocenters. The molecule has 0 aliphatic carbocycles. The first-order valence-corrected chi connectivity index (χ1v) is 6.46. The molecule has 0 radical (unpaired) electrons. The minimum Gasteiger partial charge on any atom is -0.385 e. The minimum atomic E-state index is -4.75. The standard InChI is InChI=1S/C13H18F3N3O2/c1-18(2)8-4-3-7-17-10-5-6-12(19(20)21)11(9-10)13(14,15)16/h5-6,9,17H,3-4,7-8H2,1-2H3. The summed E-state index contributed by atoms with van der Waals surface area (Å²) in [5, 5.41) is 13.5. The van der Waals surface area contributed by atoms with E-state index in [-0.39, 0.29) is 5.69 Å². The summed E-state index contributed by atoms with van der Waals surface area (Å²) in [4.78, 5) is 11.6. The van der Waals surface area contributed by atoms with E-state index in [0.29, 0.717) is 6.54 Å². The predicted octanol–water partition coefficient (Wildman–Crippen LogP) is 3.37. The second kappa shape index (κ2) is 7.26. The van der Waals surface area contributed by atoms with Crippen molar-refractivity contribution in [2.24, 2.45) is 0 Å². The van der Waals surface area contributed by atoms with E-state index in [4.69, 9.17) is 0 Å². The van der Waals surface area contributed by atoms with Gasteiger partial charge in [0.1, 0.15) is 5.56 Å². The molecule has 1 N–H and O–H groups in total. The van der Waals surface area contributed by atoms with Gasteiger partial charge in [0.15, 0.2) is 0 Å². The Morgan fingerprint density at radius 2 is 1.95 bits per heavy atom. The summed E-state index contributed by atoms with van der Waals surface area (Å²) >= 11 is 0. The number of unbranched alkanes of at least 4 members (excludes halogenated alkanes) is 1.